The number of halogens is 3. The maximum Gasteiger partial charge on any atom is 0.131 e. The number of aryl methyl sites for hydroxylation is 6. The molecule has 3 nitrogen and oxygen atoms in total. The Labute approximate surface area is 410 Å². The van der Waals surface area contributed by atoms with Crippen molar-refractivity contribution in [2.75, 3.05) is 0 Å². The van der Waals surface area contributed by atoms with Gasteiger partial charge in [-0.05, 0) is 179 Å². The van der Waals surface area contributed by atoms with Gasteiger partial charge in [-0.3, -0.25) is 15.0 Å². The number of rotatable bonds is 13. The fourth-order valence-corrected chi connectivity index (χ4v) is 8.86. The Kier molecular flexibility index (Phi) is 10.9. The molecule has 3 heterocycles. The highest BCUT2D eigenvalue weighted by Gasteiger charge is 2.20. The summed E-state index contributed by atoms with van der Waals surface area (Å²) in [7, 11) is 0. The Hall–Kier alpha value is -8.22. The van der Waals surface area contributed by atoms with Crippen LogP contribution in [-0.4, -0.2) is 15.0 Å². The molecule has 0 atom stereocenters. The lowest BCUT2D eigenvalue weighted by atomic mass is 9.87. The SMILES string of the molecule is [2H]C([2H])([2H])c1cc(-c2ccc(F)cc2)ncc1CCc1cc(CCc2cnc(-c3ccc(F)cc3)cc2C([2H])([2H])[2H])cc(-c2cccc(F)c2-c2cnc(-c3ccccc3)cc2-c2ccc(-c3ccccc3)cc2)c1. The normalized spacial score (nSPS) is 12.9. The summed E-state index contributed by atoms with van der Waals surface area (Å²) < 4.78 is 95.7. The van der Waals surface area contributed by atoms with E-state index in [-0.39, 0.29) is 24.0 Å². The molecule has 0 N–H and O–H groups in total. The maximum absolute atomic E-state index is 17.0. The van der Waals surface area contributed by atoms with Crippen molar-refractivity contribution in [3.05, 3.63) is 257 Å². The Morgan fingerprint density at radius 3 is 1.38 bits per heavy atom. The van der Waals surface area contributed by atoms with Crippen LogP contribution < -0.4 is 0 Å². The smallest absolute Gasteiger partial charge is 0.131 e. The van der Waals surface area contributed by atoms with Gasteiger partial charge in [0.25, 0.3) is 0 Å². The zero-order chi connectivity index (χ0) is 52.3. The third-order valence-corrected chi connectivity index (χ3v) is 12.5. The van der Waals surface area contributed by atoms with E-state index in [1.165, 1.54) is 42.5 Å². The van der Waals surface area contributed by atoms with Gasteiger partial charge in [0.05, 0.1) is 17.1 Å². The van der Waals surface area contributed by atoms with Crippen molar-refractivity contribution < 1.29 is 21.4 Å². The fraction of sp³-hybridized carbons (Fsp3) is 0.0952. The number of benzene rings is 7. The van der Waals surface area contributed by atoms with E-state index in [4.69, 9.17) is 13.2 Å². The number of aromatic nitrogens is 3. The fourth-order valence-electron chi connectivity index (χ4n) is 8.86. The van der Waals surface area contributed by atoms with Crippen molar-refractivity contribution in [3.8, 4) is 78.3 Å². The summed E-state index contributed by atoms with van der Waals surface area (Å²) in [5, 5.41) is 0. The van der Waals surface area contributed by atoms with Crippen molar-refractivity contribution in [1.82, 2.24) is 15.0 Å². The van der Waals surface area contributed by atoms with Crippen LogP contribution in [0.25, 0.3) is 78.3 Å². The van der Waals surface area contributed by atoms with Crippen LogP contribution in [0.3, 0.4) is 0 Å². The number of nitrogens with zero attached hydrogens (tertiary/aromatic N) is 3. The van der Waals surface area contributed by atoms with Crippen LogP contribution in [0, 0.1) is 31.2 Å². The van der Waals surface area contributed by atoms with Crippen LogP contribution in [0.4, 0.5) is 13.2 Å². The first-order chi connectivity index (χ1) is 36.1. The van der Waals surface area contributed by atoms with E-state index >= 15 is 4.39 Å². The molecule has 0 fully saturated rings. The second-order valence-electron chi connectivity index (χ2n) is 17.1. The molecule has 6 heteroatoms. The minimum Gasteiger partial charge on any atom is -0.256 e. The molecular weight excluding hydrogens is 856 g/mol. The first-order valence-corrected chi connectivity index (χ1v) is 22.8. The van der Waals surface area contributed by atoms with Crippen LogP contribution in [0.15, 0.2) is 207 Å². The van der Waals surface area contributed by atoms with E-state index in [0.717, 1.165) is 44.6 Å². The van der Waals surface area contributed by atoms with Crippen molar-refractivity contribution in [2.45, 2.75) is 39.4 Å². The van der Waals surface area contributed by atoms with E-state index in [2.05, 4.69) is 34.2 Å². The van der Waals surface area contributed by atoms with E-state index in [0.29, 0.717) is 68.7 Å². The summed E-state index contributed by atoms with van der Waals surface area (Å²) in [6.45, 7) is -4.97. The molecular formula is C63H48F3N3. The van der Waals surface area contributed by atoms with Gasteiger partial charge in [-0.15, -0.1) is 0 Å². The molecule has 0 amide bonds. The predicted molar refractivity (Wildman–Crippen MR) is 275 cm³/mol. The average molecular weight is 910 g/mol. The third kappa shape index (κ3) is 10.1. The standard InChI is InChI=1S/C63H48F3N3/c1-41-32-60(49-24-28-54(64)29-25-49)67-38-51(41)18-16-43-34-44(17-19-52-39-68-61(33-42(52)2)50-26-30-55(65)31-27-50)36-53(35-43)56-14-9-15-59(66)63(56)58-40-69-62(48-12-7-4-8-13-48)37-57(58)47-22-20-46(21-23-47)45-10-5-3-6-11-45/h3-15,20-40H,16-19H2,1-2H3/i1D3,2D3. The molecule has 3 aromatic heterocycles. The summed E-state index contributed by atoms with van der Waals surface area (Å²) in [5.41, 5.74) is 12.5. The summed E-state index contributed by atoms with van der Waals surface area (Å²) in [4.78, 5) is 14.2. The van der Waals surface area contributed by atoms with E-state index in [9.17, 15) is 8.78 Å². The minimum absolute atomic E-state index is 0.130. The molecule has 0 aliphatic rings. The lowest BCUT2D eigenvalue weighted by Gasteiger charge is -2.18. The van der Waals surface area contributed by atoms with Gasteiger partial charge in [0.2, 0.25) is 0 Å². The molecule has 0 spiro atoms. The van der Waals surface area contributed by atoms with Gasteiger partial charge in [0.15, 0.2) is 0 Å². The molecule has 0 radical (unpaired) electrons. The van der Waals surface area contributed by atoms with Gasteiger partial charge < -0.3 is 0 Å². The largest absolute Gasteiger partial charge is 0.256 e. The van der Waals surface area contributed by atoms with Gasteiger partial charge >= 0.3 is 0 Å². The van der Waals surface area contributed by atoms with Crippen molar-refractivity contribution >= 4 is 0 Å². The summed E-state index contributed by atoms with van der Waals surface area (Å²) in [5.74, 6) is -1.29. The molecule has 0 bridgehead atoms. The lowest BCUT2D eigenvalue weighted by Crippen LogP contribution is -2.01. The van der Waals surface area contributed by atoms with Crippen molar-refractivity contribution in [3.63, 3.8) is 0 Å². The van der Waals surface area contributed by atoms with Gasteiger partial charge in [-0.2, -0.15) is 0 Å². The van der Waals surface area contributed by atoms with Crippen molar-refractivity contribution in [1.29, 1.82) is 0 Å². The van der Waals surface area contributed by atoms with Crippen LogP contribution >= 0.6 is 0 Å². The highest BCUT2D eigenvalue weighted by Crippen LogP contribution is 2.42. The highest BCUT2D eigenvalue weighted by molar-refractivity contribution is 5.93. The topological polar surface area (TPSA) is 38.7 Å². The van der Waals surface area contributed by atoms with Gasteiger partial charge in [0, 0.05) is 54.6 Å². The molecule has 0 aliphatic carbocycles. The molecule has 10 aromatic rings. The van der Waals surface area contributed by atoms with Crippen LogP contribution in [0.2, 0.25) is 0 Å². The maximum atomic E-state index is 17.0. The zero-order valence-electron chi connectivity index (χ0n) is 43.4. The summed E-state index contributed by atoms with van der Waals surface area (Å²) >= 11 is 0. The Bertz CT molecular complexity index is 3510. The molecule has 10 rings (SSSR count). The molecule has 7 aromatic carbocycles. The first kappa shape index (κ1) is 37.8. The third-order valence-electron chi connectivity index (χ3n) is 12.5. The summed E-state index contributed by atoms with van der Waals surface area (Å²) in [6, 6.07) is 55.6. The number of hydrogen-bond donors (Lipinski definition) is 0. The quantitative estimate of drug-likeness (QED) is 0.116. The van der Waals surface area contributed by atoms with E-state index < -0.39 is 31.2 Å². The predicted octanol–water partition coefficient (Wildman–Crippen LogP) is 16.1. The van der Waals surface area contributed by atoms with Crippen LogP contribution in [0.1, 0.15) is 41.6 Å². The van der Waals surface area contributed by atoms with Gasteiger partial charge in [0.1, 0.15) is 17.5 Å². The second kappa shape index (κ2) is 19.9. The molecule has 0 aliphatic heterocycles. The summed E-state index contributed by atoms with van der Waals surface area (Å²) in [6.07, 6.45) is 6.17. The molecule has 0 saturated heterocycles. The Morgan fingerprint density at radius 2 is 0.826 bits per heavy atom. The van der Waals surface area contributed by atoms with Gasteiger partial charge in [-0.25, -0.2) is 13.2 Å². The highest BCUT2D eigenvalue weighted by atomic mass is 19.1. The van der Waals surface area contributed by atoms with Crippen LogP contribution in [-0.2, 0) is 25.7 Å². The van der Waals surface area contributed by atoms with Crippen molar-refractivity contribution in [2.24, 2.45) is 0 Å². The van der Waals surface area contributed by atoms with Crippen LogP contribution in [0.5, 0.6) is 0 Å². The van der Waals surface area contributed by atoms with Gasteiger partial charge in [-0.1, -0.05) is 115 Å². The molecule has 336 valence electrons. The number of hydrogen-bond acceptors (Lipinski definition) is 3. The minimum atomic E-state index is -2.49. The lowest BCUT2D eigenvalue weighted by molar-refractivity contribution is 0.627. The molecule has 69 heavy (non-hydrogen) atoms. The average Bonchev–Trinajstić information content (AvgIpc) is 3.42. The first-order valence-electron chi connectivity index (χ1n) is 25.8. The zero-order valence-corrected chi connectivity index (χ0v) is 37.4. The van der Waals surface area contributed by atoms with E-state index in [1.54, 1.807) is 48.9 Å². The number of pyridine rings is 3. The van der Waals surface area contributed by atoms with E-state index in [1.807, 2.05) is 91.0 Å². The Morgan fingerprint density at radius 1 is 0.362 bits per heavy atom. The molecule has 0 saturated carbocycles. The Balaban J connectivity index is 1.08. The second-order valence-corrected chi connectivity index (χ2v) is 17.1. The molecule has 0 unspecified atom stereocenters. The monoisotopic (exact) mass is 909 g/mol.